The number of nitrogens with one attached hydrogen (secondary N) is 9. The predicted molar refractivity (Wildman–Crippen MR) is 626 cm³/mol. The summed E-state index contributed by atoms with van der Waals surface area (Å²) in [6.45, 7) is 7.34. The summed E-state index contributed by atoms with van der Waals surface area (Å²) in [7, 11) is 0. The molecule has 16 rings (SSSR count). The molecule has 17 N–H and O–H groups in total. The van der Waals surface area contributed by atoms with Crippen molar-refractivity contribution in [1.82, 2.24) is 51.2 Å². The summed E-state index contributed by atoms with van der Waals surface area (Å²) in [4.78, 5) is 92.0. The monoisotopic (exact) mass is 2980 g/mol. The van der Waals surface area contributed by atoms with Crippen LogP contribution in [0.4, 0.5) is 69.0 Å². The zero-order valence-corrected chi connectivity index (χ0v) is 100. The number of carbonyl (C=O) groups is 4. The van der Waals surface area contributed by atoms with Crippen molar-refractivity contribution >= 4 is 454 Å². The lowest BCUT2D eigenvalue weighted by Crippen LogP contribution is -2.34. The van der Waals surface area contributed by atoms with Crippen molar-refractivity contribution in [3.05, 3.63) is 310 Å². The second-order valence-electron chi connectivity index (χ2n) is 26.4. The Morgan fingerprint density at radius 3 is 1.16 bits per heavy atom. The van der Waals surface area contributed by atoms with Crippen LogP contribution in [0.1, 0.15) is 31.1 Å². The van der Waals surface area contributed by atoms with Gasteiger partial charge in [0.15, 0.2) is 30.8 Å². The lowest BCUT2D eigenvalue weighted by atomic mass is 10.1. The number of thiocarbonyl (C=S) groups is 2. The van der Waals surface area contributed by atoms with Crippen LogP contribution in [-0.4, -0.2) is 93.6 Å². The number of hydrogen-bond acceptors (Lipinski definition) is 23. The number of thiazole rings is 4. The number of amides is 7. The maximum absolute atomic E-state index is 11.9. The van der Waals surface area contributed by atoms with Crippen LogP contribution in [0.3, 0.4) is 0 Å². The molecule has 16 aromatic rings. The molecule has 712 valence electrons. The normalized spacial score (nSPS) is 10.2. The molecule has 0 unspecified atom stereocenters. The number of pyridine rings is 2. The number of nitro benzene ring substituents is 2. The van der Waals surface area contributed by atoms with Crippen molar-refractivity contribution in [2.45, 2.75) is 20.8 Å². The molecule has 0 atom stereocenters. The quantitative estimate of drug-likeness (QED) is 0.0221. The van der Waals surface area contributed by atoms with E-state index >= 15 is 0 Å². The number of rotatable bonds is 13. The van der Waals surface area contributed by atoms with Crippen LogP contribution >= 0.6 is 325 Å². The lowest BCUT2D eigenvalue weighted by molar-refractivity contribution is -0.385. The molecule has 29 nitrogen and oxygen atoms in total. The Morgan fingerprint density at radius 1 is 0.380 bits per heavy atom. The third-order valence-electron chi connectivity index (χ3n) is 16.1. The summed E-state index contributed by atoms with van der Waals surface area (Å²) in [6.07, 6.45) is 7.12. The molecule has 0 spiro atoms. The summed E-state index contributed by atoms with van der Waals surface area (Å²) in [5.41, 5.74) is 33.0. The molecular formula is C86H67Br16N21O8S6. The Kier molecular flexibility index (Phi) is 48.5. The number of halogens is 16. The van der Waals surface area contributed by atoms with Gasteiger partial charge in [-0.05, 0) is 264 Å². The number of urea groups is 3. The van der Waals surface area contributed by atoms with Crippen LogP contribution in [0.25, 0.3) is 63.1 Å². The number of nitro groups is 2. The van der Waals surface area contributed by atoms with Crippen LogP contribution in [-0.2, 0) is 0 Å². The molecular weight excluding hydrogens is 2930 g/mol. The first-order valence-corrected chi connectivity index (χ1v) is 55.1. The number of nitrogens with two attached hydrogens (primary N) is 4. The van der Waals surface area contributed by atoms with E-state index in [-0.39, 0.29) is 45.6 Å². The highest BCUT2D eigenvalue weighted by Crippen LogP contribution is 2.41. The van der Waals surface area contributed by atoms with Crippen LogP contribution in [0.2, 0.25) is 0 Å². The molecule has 6 aromatic heterocycles. The summed E-state index contributed by atoms with van der Waals surface area (Å²) in [6, 6.07) is 56.2. The first kappa shape index (κ1) is 115. The van der Waals surface area contributed by atoms with E-state index in [1.165, 1.54) is 69.6 Å². The van der Waals surface area contributed by atoms with Crippen LogP contribution in [0, 0.1) is 20.2 Å². The van der Waals surface area contributed by atoms with E-state index < -0.39 is 9.85 Å². The van der Waals surface area contributed by atoms with E-state index in [2.05, 4.69) is 333 Å². The molecule has 0 aliphatic carbocycles. The number of non-ortho nitro benzene ring substituents is 2. The summed E-state index contributed by atoms with van der Waals surface area (Å²) >= 11 is 69.0. The fraction of sp³-hybridized carbons (Fsp3) is 0.0698. The third-order valence-corrected chi connectivity index (χ3v) is 29.4. The molecule has 7 amide bonds. The SMILES string of the molecule is CCNC(=O)Nc1nc2cc(-c3cccnc3)cc(Br)c2s1.CCNC(=O)Nc1nc2cc(Br)cc(-c3cccnc3)c2s1.CCNC(=O)Nc1nc2cc(Br)cc(Br)c2s1.NC(=S)Nc1cc(Br)cc(Br)c1.Nc1c(Br)cc([N+](=O)[O-])cc1Br.Nc1cc(Br)cc(Br)c1.Nc1nc2cc(Br)cc(Br)c2s1.O=C(NC(=S)Nc1cc(Br)cc(Br)c1)c1ccccc1.O=[N+]([O-])c1cc(Br)cc(Br)c1. The number of anilines is 8. The molecule has 0 bridgehead atoms. The van der Waals surface area contributed by atoms with E-state index in [0.29, 0.717) is 69.3 Å². The summed E-state index contributed by atoms with van der Waals surface area (Å²) in [5.74, 6) is -0.239. The Morgan fingerprint density at radius 2 is 0.745 bits per heavy atom. The number of aromatic nitrogens is 6. The molecule has 10 aromatic carbocycles. The highest BCUT2D eigenvalue weighted by molar-refractivity contribution is 9.13. The molecule has 137 heavy (non-hydrogen) atoms. The Bertz CT molecular complexity index is 6880. The third kappa shape index (κ3) is 39.2. The molecule has 0 saturated heterocycles. The van der Waals surface area contributed by atoms with Gasteiger partial charge in [0, 0.05) is 180 Å². The van der Waals surface area contributed by atoms with Gasteiger partial charge in [0.1, 0.15) is 0 Å². The lowest BCUT2D eigenvalue weighted by Gasteiger charge is -2.10. The minimum Gasteiger partial charge on any atom is -0.399 e. The van der Waals surface area contributed by atoms with E-state index in [1.807, 2.05) is 167 Å². The predicted octanol–water partition coefficient (Wildman–Crippen LogP) is 31.7. The molecule has 0 aliphatic heterocycles. The number of benzene rings is 10. The average Bonchev–Trinajstić information content (AvgIpc) is 1.62. The number of carbonyl (C=O) groups excluding carboxylic acids is 4. The van der Waals surface area contributed by atoms with E-state index in [4.69, 9.17) is 47.4 Å². The van der Waals surface area contributed by atoms with E-state index in [0.717, 1.165) is 134 Å². The largest absolute Gasteiger partial charge is 0.399 e. The Hall–Kier alpha value is -7.20. The van der Waals surface area contributed by atoms with E-state index in [9.17, 15) is 39.4 Å². The number of hydrogen-bond donors (Lipinski definition) is 13. The topological polar surface area (TPSA) is 444 Å². The number of nitrogens with zero attached hydrogens (tertiary/aromatic N) is 8. The highest BCUT2D eigenvalue weighted by Gasteiger charge is 2.19. The zero-order chi connectivity index (χ0) is 100. The number of fused-ring (bicyclic) bond motifs is 4. The fourth-order valence-corrected chi connectivity index (χ4v) is 24.7. The van der Waals surface area contributed by atoms with Gasteiger partial charge in [0.25, 0.3) is 17.3 Å². The summed E-state index contributed by atoms with van der Waals surface area (Å²) in [5, 5.41) is 48.1. The summed E-state index contributed by atoms with van der Waals surface area (Å²) < 4.78 is 18.1. The van der Waals surface area contributed by atoms with E-state index in [1.54, 1.807) is 42.7 Å². The van der Waals surface area contributed by atoms with Gasteiger partial charge in [0.05, 0.1) is 56.4 Å². The maximum Gasteiger partial charge on any atom is 0.321 e. The molecule has 51 heteroatoms. The fourth-order valence-electron chi connectivity index (χ4n) is 10.6. The molecule has 0 saturated carbocycles. The van der Waals surface area contributed by atoms with Crippen molar-refractivity contribution in [3.8, 4) is 22.3 Å². The molecule has 0 fully saturated rings. The number of nitrogen functional groups attached to an aromatic ring is 3. The smallest absolute Gasteiger partial charge is 0.321 e. The van der Waals surface area contributed by atoms with Gasteiger partial charge < -0.3 is 49.5 Å². The van der Waals surface area contributed by atoms with Crippen molar-refractivity contribution < 1.29 is 29.0 Å². The van der Waals surface area contributed by atoms with Crippen molar-refractivity contribution in [2.24, 2.45) is 5.73 Å². The van der Waals surface area contributed by atoms with Crippen molar-refractivity contribution in [2.75, 3.05) is 63.4 Å². The maximum atomic E-state index is 11.9. The zero-order valence-electron chi connectivity index (χ0n) is 70.0. The van der Waals surface area contributed by atoms with Gasteiger partial charge in [-0.1, -0.05) is 251 Å². The van der Waals surface area contributed by atoms with Crippen LogP contribution in [0.15, 0.2) is 284 Å². The van der Waals surface area contributed by atoms with Gasteiger partial charge in [-0.3, -0.25) is 56.3 Å². The molecule has 0 aliphatic rings. The minimum absolute atomic E-state index is 0.00273. The second kappa shape index (κ2) is 57.8. The van der Waals surface area contributed by atoms with Gasteiger partial charge >= 0.3 is 18.1 Å². The van der Waals surface area contributed by atoms with Crippen molar-refractivity contribution in [1.29, 1.82) is 0 Å². The standard InChI is InChI=1S/2C15H13BrN4OS.C14H10Br2N2OS.C10H9Br2N3OS.C7H4Br2N2S.C7H6Br2N2S.C6H4Br2N2O2.C6H3Br2NO2.C6H5Br2N/c1-2-18-14(21)20-15-19-12-7-10(16)6-11(13(12)22-15)9-4-3-5-17-8-9;1-2-18-14(21)20-15-19-12-7-10(6-11(16)13(12)22-15)9-4-3-5-17-8-9;15-10-6-11(16)8-12(7-10)17-14(20)18-13(19)9-4-2-1-3-5-9;1-2-13-9(16)15-10-14-7-4-5(11)3-6(12)8(7)17-10;8-3-1-4(9)6-5(2-3)11-7(10)12-6;8-4-1-5(9)3-6(2-4)11-7(10)12;7-4-1-3(10(11)12)2-5(8)6(4)9;7-4-1-5(8)3-6(2-4)9(10)11;7-4-1-5(8)3-6(9)2-4/h2*3-8H,2H2,1H3,(H2,18,19,20,21);1-8H,(H2,17,18,19,20);3-4H,2H2,1H3,(H2,13,14,15,16);1-2H,(H2,10,11);1-3H,(H3,10,11,12);1-2H,9H2;1-3H;1-3H,9H2. The van der Waals surface area contributed by atoms with Crippen LogP contribution < -0.4 is 70.8 Å². The first-order valence-electron chi connectivity index (χ1n) is 38.3. The van der Waals surface area contributed by atoms with Gasteiger partial charge in [0.2, 0.25) is 0 Å². The minimum atomic E-state index is -0.477. The molecule has 6 heterocycles. The average molecular weight is 2990 g/mol. The highest BCUT2D eigenvalue weighted by atomic mass is 79.9. The van der Waals surface area contributed by atoms with Crippen LogP contribution in [0.5, 0.6) is 0 Å². The van der Waals surface area contributed by atoms with Gasteiger partial charge in [-0.2, -0.15) is 0 Å². The second-order valence-corrected chi connectivity index (χ2v) is 45.6. The molecule has 0 radical (unpaired) electrons. The van der Waals surface area contributed by atoms with Gasteiger partial charge in [-0.25, -0.2) is 34.3 Å². The Balaban J connectivity index is 0.000000192. The Labute approximate surface area is 944 Å². The van der Waals surface area contributed by atoms with Gasteiger partial charge in [-0.15, -0.1) is 0 Å². The van der Waals surface area contributed by atoms with Crippen molar-refractivity contribution in [3.63, 3.8) is 0 Å². The first-order chi connectivity index (χ1) is 65.0.